The Morgan fingerprint density at radius 2 is 2.00 bits per heavy atom. The van der Waals surface area contributed by atoms with Crippen LogP contribution < -0.4 is 5.32 Å². The van der Waals surface area contributed by atoms with Crippen molar-refractivity contribution in [2.24, 2.45) is 11.8 Å². The van der Waals surface area contributed by atoms with Gasteiger partial charge in [0.25, 0.3) is 0 Å². The van der Waals surface area contributed by atoms with E-state index in [4.69, 9.17) is 9.84 Å². The van der Waals surface area contributed by atoms with Gasteiger partial charge in [0.05, 0.1) is 13.1 Å². The van der Waals surface area contributed by atoms with E-state index in [0.29, 0.717) is 24.9 Å². The molecule has 2 fully saturated rings. The SMILES string of the molecule is CC1CCCCC1CNC(=O)N1CC(C)(OCC(=O)O)C1. The van der Waals surface area contributed by atoms with E-state index in [2.05, 4.69) is 12.2 Å². The lowest BCUT2D eigenvalue weighted by Gasteiger charge is -2.47. The molecule has 120 valence electrons. The van der Waals surface area contributed by atoms with Crippen molar-refractivity contribution in [3.63, 3.8) is 0 Å². The molecule has 1 heterocycles. The Balaban J connectivity index is 1.67. The molecule has 0 bridgehead atoms. The van der Waals surface area contributed by atoms with Gasteiger partial charge in [-0.2, -0.15) is 0 Å². The number of urea groups is 1. The number of nitrogens with one attached hydrogen (secondary N) is 1. The summed E-state index contributed by atoms with van der Waals surface area (Å²) < 4.78 is 5.30. The van der Waals surface area contributed by atoms with E-state index in [-0.39, 0.29) is 12.6 Å². The van der Waals surface area contributed by atoms with Crippen molar-refractivity contribution in [2.75, 3.05) is 26.2 Å². The van der Waals surface area contributed by atoms with Crippen LogP contribution in [0, 0.1) is 11.8 Å². The minimum Gasteiger partial charge on any atom is -0.480 e. The number of carboxylic acids is 1. The predicted octanol–water partition coefficient (Wildman–Crippen LogP) is 1.70. The first-order valence-corrected chi connectivity index (χ1v) is 7.78. The molecule has 6 nitrogen and oxygen atoms in total. The number of carboxylic acid groups (broad SMARTS) is 1. The fourth-order valence-corrected chi connectivity index (χ4v) is 3.26. The summed E-state index contributed by atoms with van der Waals surface area (Å²) >= 11 is 0. The zero-order valence-electron chi connectivity index (χ0n) is 12.9. The molecule has 2 N–H and O–H groups in total. The predicted molar refractivity (Wildman–Crippen MR) is 78.1 cm³/mol. The number of carbonyl (C=O) groups is 2. The molecule has 0 aromatic rings. The molecule has 2 atom stereocenters. The van der Waals surface area contributed by atoms with Gasteiger partial charge in [0, 0.05) is 6.54 Å². The molecule has 0 aromatic carbocycles. The van der Waals surface area contributed by atoms with E-state index < -0.39 is 11.6 Å². The number of carbonyl (C=O) groups excluding carboxylic acids is 1. The summed E-state index contributed by atoms with van der Waals surface area (Å²) in [7, 11) is 0. The van der Waals surface area contributed by atoms with Crippen LogP contribution in [0.2, 0.25) is 0 Å². The van der Waals surface area contributed by atoms with Crippen LogP contribution in [0.4, 0.5) is 4.79 Å². The van der Waals surface area contributed by atoms with Gasteiger partial charge in [-0.15, -0.1) is 0 Å². The average molecular weight is 298 g/mol. The summed E-state index contributed by atoms with van der Waals surface area (Å²) in [6.45, 7) is 5.42. The maximum atomic E-state index is 12.0. The lowest BCUT2D eigenvalue weighted by molar-refractivity contribution is -0.159. The normalized spacial score (nSPS) is 27.8. The maximum Gasteiger partial charge on any atom is 0.329 e. The summed E-state index contributed by atoms with van der Waals surface area (Å²) in [6.07, 6.45) is 5.01. The minimum atomic E-state index is -0.981. The molecule has 2 aliphatic rings. The van der Waals surface area contributed by atoms with Crippen LogP contribution >= 0.6 is 0 Å². The summed E-state index contributed by atoms with van der Waals surface area (Å²) in [5.41, 5.74) is -0.520. The van der Waals surface area contributed by atoms with Crippen LogP contribution in [0.5, 0.6) is 0 Å². The second kappa shape index (κ2) is 6.64. The third-order valence-corrected chi connectivity index (χ3v) is 4.69. The van der Waals surface area contributed by atoms with Crippen molar-refractivity contribution in [2.45, 2.75) is 45.1 Å². The number of aliphatic carboxylic acids is 1. The quantitative estimate of drug-likeness (QED) is 0.809. The molecule has 21 heavy (non-hydrogen) atoms. The Morgan fingerprint density at radius 3 is 2.62 bits per heavy atom. The Hall–Kier alpha value is -1.30. The van der Waals surface area contributed by atoms with E-state index in [1.165, 1.54) is 25.7 Å². The molecule has 1 saturated carbocycles. The second-order valence-corrected chi connectivity index (χ2v) is 6.70. The Labute approximate surface area is 125 Å². The Bertz CT molecular complexity index is 393. The Kier molecular flexibility index (Phi) is 5.08. The van der Waals surface area contributed by atoms with Crippen LogP contribution in [-0.2, 0) is 9.53 Å². The molecule has 1 aliphatic heterocycles. The molecule has 6 heteroatoms. The molecular weight excluding hydrogens is 272 g/mol. The summed E-state index contributed by atoms with van der Waals surface area (Å²) in [5, 5.41) is 11.6. The number of rotatable bonds is 5. The fraction of sp³-hybridized carbons (Fsp3) is 0.867. The summed E-state index contributed by atoms with van der Waals surface area (Å²) in [4.78, 5) is 24.2. The molecule has 2 amide bonds. The monoisotopic (exact) mass is 298 g/mol. The van der Waals surface area contributed by atoms with Crippen molar-refractivity contribution >= 4 is 12.0 Å². The van der Waals surface area contributed by atoms with Crippen LogP contribution in [0.15, 0.2) is 0 Å². The third kappa shape index (κ3) is 4.33. The van der Waals surface area contributed by atoms with Gasteiger partial charge >= 0.3 is 12.0 Å². The van der Waals surface area contributed by atoms with Gasteiger partial charge in [-0.25, -0.2) is 9.59 Å². The molecule has 1 saturated heterocycles. The Morgan fingerprint density at radius 1 is 1.33 bits per heavy atom. The molecule has 1 aliphatic carbocycles. The number of hydrogen-bond donors (Lipinski definition) is 2. The van der Waals surface area contributed by atoms with Gasteiger partial charge in [-0.3, -0.25) is 0 Å². The third-order valence-electron chi connectivity index (χ3n) is 4.69. The van der Waals surface area contributed by atoms with Gasteiger partial charge in [-0.05, 0) is 25.2 Å². The first kappa shape index (κ1) is 16.1. The van der Waals surface area contributed by atoms with Gasteiger partial charge in [-0.1, -0.05) is 26.2 Å². The van der Waals surface area contributed by atoms with Crippen LogP contribution in [-0.4, -0.2) is 53.8 Å². The molecule has 0 radical (unpaired) electrons. The van der Waals surface area contributed by atoms with Crippen LogP contribution in [0.3, 0.4) is 0 Å². The molecule has 0 spiro atoms. The standard InChI is InChI=1S/C15H26N2O4/c1-11-5-3-4-6-12(11)7-16-14(20)17-9-15(2,10-17)21-8-13(18)19/h11-12H,3-10H2,1-2H3,(H,16,20)(H,18,19). The number of ether oxygens (including phenoxy) is 1. The summed E-state index contributed by atoms with van der Waals surface area (Å²) in [5.74, 6) is 0.281. The molecule has 2 rings (SSSR count). The highest BCUT2D eigenvalue weighted by Gasteiger charge is 2.42. The van der Waals surface area contributed by atoms with Crippen LogP contribution in [0.25, 0.3) is 0 Å². The first-order valence-electron chi connectivity index (χ1n) is 7.78. The topological polar surface area (TPSA) is 78.9 Å². The highest BCUT2D eigenvalue weighted by Crippen LogP contribution is 2.29. The van der Waals surface area contributed by atoms with Crippen molar-refractivity contribution in [3.8, 4) is 0 Å². The van der Waals surface area contributed by atoms with E-state index in [0.717, 1.165) is 6.54 Å². The number of amides is 2. The first-order chi connectivity index (χ1) is 9.89. The van der Waals surface area contributed by atoms with Gasteiger partial charge < -0.3 is 20.1 Å². The number of likely N-dealkylation sites (tertiary alicyclic amines) is 1. The zero-order valence-corrected chi connectivity index (χ0v) is 12.9. The van der Waals surface area contributed by atoms with Gasteiger partial charge in [0.2, 0.25) is 0 Å². The summed E-state index contributed by atoms with van der Waals surface area (Å²) in [6, 6.07) is -0.0656. The fourth-order valence-electron chi connectivity index (χ4n) is 3.26. The van der Waals surface area contributed by atoms with E-state index in [1.807, 2.05) is 6.92 Å². The maximum absolute atomic E-state index is 12.0. The van der Waals surface area contributed by atoms with Crippen molar-refractivity contribution in [1.82, 2.24) is 10.2 Å². The molecule has 2 unspecified atom stereocenters. The van der Waals surface area contributed by atoms with E-state index in [1.54, 1.807) is 4.90 Å². The highest BCUT2D eigenvalue weighted by molar-refractivity contribution is 5.75. The molecule has 0 aromatic heterocycles. The van der Waals surface area contributed by atoms with E-state index in [9.17, 15) is 9.59 Å². The van der Waals surface area contributed by atoms with Gasteiger partial charge in [0.1, 0.15) is 12.2 Å². The average Bonchev–Trinajstić information content (AvgIpc) is 2.41. The van der Waals surface area contributed by atoms with E-state index >= 15 is 0 Å². The minimum absolute atomic E-state index is 0.0656. The van der Waals surface area contributed by atoms with Crippen molar-refractivity contribution in [3.05, 3.63) is 0 Å². The zero-order chi connectivity index (χ0) is 15.5. The van der Waals surface area contributed by atoms with Crippen molar-refractivity contribution < 1.29 is 19.4 Å². The molecular formula is C15H26N2O4. The van der Waals surface area contributed by atoms with Crippen molar-refractivity contribution in [1.29, 1.82) is 0 Å². The van der Waals surface area contributed by atoms with Crippen LogP contribution in [0.1, 0.15) is 39.5 Å². The lowest BCUT2D eigenvalue weighted by atomic mass is 9.80. The second-order valence-electron chi connectivity index (χ2n) is 6.70. The smallest absolute Gasteiger partial charge is 0.329 e. The van der Waals surface area contributed by atoms with Gasteiger partial charge in [0.15, 0.2) is 0 Å². The number of hydrogen-bond acceptors (Lipinski definition) is 3. The largest absolute Gasteiger partial charge is 0.480 e. The number of nitrogens with zero attached hydrogens (tertiary/aromatic N) is 1. The lowest BCUT2D eigenvalue weighted by Crippen LogP contribution is -2.65. The highest BCUT2D eigenvalue weighted by atomic mass is 16.5.